The van der Waals surface area contributed by atoms with Crippen LogP contribution < -0.4 is 5.30 Å². The van der Waals surface area contributed by atoms with E-state index in [1.165, 1.54) is 92.0 Å². The molecule has 0 nitrogen and oxygen atoms in total. The van der Waals surface area contributed by atoms with Gasteiger partial charge in [-0.2, -0.15) is 0 Å². The van der Waals surface area contributed by atoms with Gasteiger partial charge in [-0.1, -0.05) is 84.7 Å². The summed E-state index contributed by atoms with van der Waals surface area (Å²) in [5, 5.41) is 1.54. The smallest absolute Gasteiger partial charge is 0.0614 e. The van der Waals surface area contributed by atoms with Gasteiger partial charge in [-0.05, 0) is 97.4 Å². The van der Waals surface area contributed by atoms with Gasteiger partial charge in [0.2, 0.25) is 0 Å². The maximum atomic E-state index is 8.23. The molecule has 0 saturated heterocycles. The van der Waals surface area contributed by atoms with E-state index >= 15 is 0 Å². The SMILES string of the molecule is CC(C)c1cc(C(C)C)c(-c2ccccc2[P+](Cl)(C2CCCCC2)C2CCCCC2)c(C(C)C)c1. The van der Waals surface area contributed by atoms with Gasteiger partial charge < -0.3 is 0 Å². The van der Waals surface area contributed by atoms with E-state index in [2.05, 4.69) is 77.9 Å². The molecule has 0 heterocycles. The van der Waals surface area contributed by atoms with Crippen LogP contribution in [0.3, 0.4) is 0 Å². The highest BCUT2D eigenvalue weighted by molar-refractivity contribution is 8.05. The number of hydrogen-bond acceptors (Lipinski definition) is 0. The summed E-state index contributed by atoms with van der Waals surface area (Å²) in [6, 6.07) is 14.5. The molecule has 2 aliphatic carbocycles. The van der Waals surface area contributed by atoms with Gasteiger partial charge in [-0.25, -0.2) is 0 Å². The van der Waals surface area contributed by atoms with Crippen LogP contribution in [0.4, 0.5) is 0 Å². The Balaban J connectivity index is 1.97. The molecule has 0 amide bonds. The lowest BCUT2D eigenvalue weighted by Gasteiger charge is -2.39. The van der Waals surface area contributed by atoms with Gasteiger partial charge in [0, 0.05) is 5.56 Å². The van der Waals surface area contributed by atoms with Gasteiger partial charge in [-0.3, -0.25) is 0 Å². The fraction of sp³-hybridized carbons (Fsp3) is 0.636. The van der Waals surface area contributed by atoms with Crippen molar-refractivity contribution in [3.8, 4) is 11.1 Å². The zero-order valence-corrected chi connectivity index (χ0v) is 24.9. The lowest BCUT2D eigenvalue weighted by Crippen LogP contribution is -2.32. The highest BCUT2D eigenvalue weighted by atomic mass is 35.7. The topological polar surface area (TPSA) is 0 Å². The van der Waals surface area contributed by atoms with Crippen LogP contribution in [-0.4, -0.2) is 11.3 Å². The average molecular weight is 512 g/mol. The summed E-state index contributed by atoms with van der Waals surface area (Å²) in [6.45, 7) is 12.3. The lowest BCUT2D eigenvalue weighted by atomic mass is 9.82. The molecule has 35 heavy (non-hydrogen) atoms. The van der Waals surface area contributed by atoms with E-state index in [1.807, 2.05) is 0 Å². The Kier molecular flexibility index (Phi) is 9.09. The van der Waals surface area contributed by atoms with Crippen LogP contribution in [-0.2, 0) is 0 Å². The summed E-state index contributed by atoms with van der Waals surface area (Å²) in [5.41, 5.74) is 8.88. The molecule has 0 N–H and O–H groups in total. The maximum Gasteiger partial charge on any atom is 0.152 e. The zero-order chi connectivity index (χ0) is 25.2. The molecule has 2 aromatic carbocycles. The van der Waals surface area contributed by atoms with Gasteiger partial charge in [0.25, 0.3) is 0 Å². The lowest BCUT2D eigenvalue weighted by molar-refractivity contribution is 0.485. The third-order valence-corrected chi connectivity index (χ3v) is 15.4. The summed E-state index contributed by atoms with van der Waals surface area (Å²) in [5.74, 6) is 1.52. The van der Waals surface area contributed by atoms with Gasteiger partial charge in [0.05, 0.1) is 22.6 Å². The van der Waals surface area contributed by atoms with Crippen LogP contribution in [0.2, 0.25) is 0 Å². The van der Waals surface area contributed by atoms with Crippen LogP contribution in [0.1, 0.15) is 140 Å². The standard InChI is InChI=1S/C33H49ClP/c1-23(2)26-21-30(24(3)4)33(31(22-26)25(5)6)29-19-13-14-20-32(29)35(34,27-15-9-7-10-16-27)28-17-11-8-12-18-28/h13-14,19-25,27-28H,7-12,15-18H2,1-6H3/q+1. The van der Waals surface area contributed by atoms with Crippen LogP contribution in [0.15, 0.2) is 36.4 Å². The van der Waals surface area contributed by atoms with Crippen molar-refractivity contribution in [3.63, 3.8) is 0 Å². The highest BCUT2D eigenvalue weighted by Crippen LogP contribution is 2.76. The molecule has 2 saturated carbocycles. The Morgan fingerprint density at radius 3 is 1.54 bits per heavy atom. The Bertz CT molecular complexity index is 929. The normalized spacial score (nSPS) is 18.7. The van der Waals surface area contributed by atoms with Crippen molar-refractivity contribution in [2.75, 3.05) is 0 Å². The molecule has 2 aliphatic rings. The van der Waals surface area contributed by atoms with E-state index in [4.69, 9.17) is 11.2 Å². The Morgan fingerprint density at radius 1 is 0.657 bits per heavy atom. The number of benzene rings is 2. The minimum atomic E-state index is -1.83. The Hall–Kier alpha value is -0.840. The van der Waals surface area contributed by atoms with E-state index in [1.54, 1.807) is 5.30 Å². The molecule has 2 aromatic rings. The first-order chi connectivity index (χ1) is 16.7. The van der Waals surface area contributed by atoms with Gasteiger partial charge in [0.15, 0.2) is 6.62 Å². The van der Waals surface area contributed by atoms with Crippen LogP contribution in [0, 0.1) is 0 Å². The van der Waals surface area contributed by atoms with E-state index in [9.17, 15) is 0 Å². The van der Waals surface area contributed by atoms with Gasteiger partial charge in [0.1, 0.15) is 5.30 Å². The van der Waals surface area contributed by atoms with E-state index in [0.29, 0.717) is 29.1 Å². The molecule has 192 valence electrons. The first-order valence-corrected chi connectivity index (χ1v) is 17.4. The second-order valence-electron chi connectivity index (χ2n) is 12.3. The second kappa shape index (κ2) is 11.7. The van der Waals surface area contributed by atoms with Crippen molar-refractivity contribution < 1.29 is 0 Å². The summed E-state index contributed by atoms with van der Waals surface area (Å²) >= 11 is 8.23. The molecule has 0 radical (unpaired) electrons. The Morgan fingerprint density at radius 2 is 1.11 bits per heavy atom. The van der Waals surface area contributed by atoms with Crippen LogP contribution >= 0.6 is 17.9 Å². The average Bonchev–Trinajstić information content (AvgIpc) is 2.88. The number of rotatable bonds is 7. The highest BCUT2D eigenvalue weighted by Gasteiger charge is 2.55. The molecule has 4 rings (SSSR count). The first-order valence-electron chi connectivity index (χ1n) is 14.6. The van der Waals surface area contributed by atoms with E-state index in [-0.39, 0.29) is 0 Å². The summed E-state index contributed by atoms with van der Waals surface area (Å²) in [4.78, 5) is 0. The molecule has 0 atom stereocenters. The van der Waals surface area contributed by atoms with Crippen molar-refractivity contribution in [2.24, 2.45) is 0 Å². The predicted octanol–water partition coefficient (Wildman–Crippen LogP) is 11.2. The Labute approximate surface area is 221 Å². The number of hydrogen-bond donors (Lipinski definition) is 0. The van der Waals surface area contributed by atoms with Gasteiger partial charge >= 0.3 is 0 Å². The minimum absolute atomic E-state index is 0.488. The molecular formula is C33H49ClP+. The van der Waals surface area contributed by atoms with Crippen molar-refractivity contribution in [3.05, 3.63) is 53.1 Å². The summed E-state index contributed by atoms with van der Waals surface area (Å²) in [7, 11) is 0. The van der Waals surface area contributed by atoms with Gasteiger partial charge in [-0.15, -0.1) is 0 Å². The van der Waals surface area contributed by atoms with Crippen molar-refractivity contribution in [2.45, 2.75) is 135 Å². The van der Waals surface area contributed by atoms with Crippen LogP contribution in [0.25, 0.3) is 11.1 Å². The van der Waals surface area contributed by atoms with Crippen molar-refractivity contribution in [1.82, 2.24) is 0 Å². The summed E-state index contributed by atoms with van der Waals surface area (Å²) < 4.78 is 0. The molecule has 0 aliphatic heterocycles. The zero-order valence-electron chi connectivity index (χ0n) is 23.2. The monoisotopic (exact) mass is 511 g/mol. The van der Waals surface area contributed by atoms with E-state index in [0.717, 1.165) is 0 Å². The summed E-state index contributed by atoms with van der Waals surface area (Å²) in [6.07, 6.45) is 13.6. The third-order valence-electron chi connectivity index (χ3n) is 8.89. The van der Waals surface area contributed by atoms with Crippen LogP contribution in [0.5, 0.6) is 0 Å². The van der Waals surface area contributed by atoms with Crippen molar-refractivity contribution >= 4 is 23.2 Å². The largest absolute Gasteiger partial charge is 0.152 e. The molecule has 0 aromatic heterocycles. The fourth-order valence-corrected chi connectivity index (χ4v) is 13.0. The van der Waals surface area contributed by atoms with Crippen molar-refractivity contribution in [1.29, 1.82) is 0 Å². The minimum Gasteiger partial charge on any atom is -0.0614 e. The second-order valence-corrected chi connectivity index (χ2v) is 17.3. The fourth-order valence-electron chi connectivity index (χ4n) is 6.86. The first kappa shape index (κ1) is 27.2. The molecule has 2 fully saturated rings. The molecule has 2 heteroatoms. The quantitative estimate of drug-likeness (QED) is 0.324. The van der Waals surface area contributed by atoms with E-state index < -0.39 is 6.62 Å². The number of halogens is 1. The molecule has 0 bridgehead atoms. The predicted molar refractivity (Wildman–Crippen MR) is 160 cm³/mol. The molecule has 0 unspecified atom stereocenters. The third kappa shape index (κ3) is 5.55. The molecular weight excluding hydrogens is 463 g/mol. The maximum absolute atomic E-state index is 8.23. The molecule has 0 spiro atoms.